The Morgan fingerprint density at radius 3 is 2.65 bits per heavy atom. The first-order valence-corrected chi connectivity index (χ1v) is 9.35. The average molecular weight is 353 g/mol. The predicted molar refractivity (Wildman–Crippen MR) is 95.5 cm³/mol. The van der Waals surface area contributed by atoms with Crippen LogP contribution in [0.5, 0.6) is 0 Å². The Hall–Kier alpha value is -2.14. The molecule has 2 aliphatic carbocycles. The Morgan fingerprint density at radius 1 is 1.19 bits per heavy atom. The topological polar surface area (TPSA) is 66.6 Å². The third-order valence-electron chi connectivity index (χ3n) is 7.48. The number of ether oxygens (including phenoxy) is 1. The molecule has 6 atom stereocenters. The number of allylic oxidation sites excluding steroid dienone is 1. The highest BCUT2D eigenvalue weighted by Gasteiger charge is 2.77. The second-order valence-corrected chi connectivity index (χ2v) is 8.48. The summed E-state index contributed by atoms with van der Waals surface area (Å²) in [6.45, 7) is 4.37. The number of fused-ring (bicyclic) bond motifs is 4. The van der Waals surface area contributed by atoms with E-state index in [0.717, 1.165) is 18.5 Å². The Morgan fingerprint density at radius 2 is 1.92 bits per heavy atom. The summed E-state index contributed by atoms with van der Waals surface area (Å²) in [7, 11) is 0. The van der Waals surface area contributed by atoms with Gasteiger partial charge in [-0.05, 0) is 50.0 Å². The summed E-state index contributed by atoms with van der Waals surface area (Å²) < 4.78 is 5.87. The van der Waals surface area contributed by atoms with Gasteiger partial charge in [0, 0.05) is 11.6 Å². The fraction of sp³-hybridized carbons (Fsp3) is 0.524. The van der Waals surface area contributed by atoms with Gasteiger partial charge in [-0.15, -0.1) is 0 Å². The molecule has 4 aliphatic rings. The molecule has 1 saturated carbocycles. The van der Waals surface area contributed by atoms with Crippen LogP contribution in [0.25, 0.3) is 0 Å². The number of carbonyl (C=O) groups is 2. The van der Waals surface area contributed by atoms with Crippen LogP contribution in [0.4, 0.5) is 5.69 Å². The average Bonchev–Trinajstić information content (AvgIpc) is 3.28. The third kappa shape index (κ3) is 1.61. The molecule has 0 aromatic heterocycles. The minimum Gasteiger partial charge on any atom is -0.459 e. The molecule has 5 rings (SSSR count). The Bertz CT molecular complexity index is 836. The maximum atomic E-state index is 13.0. The van der Waals surface area contributed by atoms with Crippen LogP contribution in [0.15, 0.2) is 42.5 Å². The second kappa shape index (κ2) is 4.77. The number of para-hydroxylation sites is 1. The lowest BCUT2D eigenvalue weighted by atomic mass is 9.64. The van der Waals surface area contributed by atoms with Gasteiger partial charge in [0.15, 0.2) is 11.3 Å². The van der Waals surface area contributed by atoms with E-state index in [9.17, 15) is 14.7 Å². The van der Waals surface area contributed by atoms with E-state index in [1.807, 2.05) is 37.3 Å². The molecular weight excluding hydrogens is 330 g/mol. The largest absolute Gasteiger partial charge is 0.459 e. The standard InChI is InChI=1S/C21H23NO4/c1-13-8-9-15-17(19(2)16(23)10-11-21(13,19)25)26-18(24)20(15)12-22(20)14-6-4-3-5-7-14/h3-7,10-11,13,15,17,25H,8-9,12H2,1-2H3/t13-,15+,17+,19-,20?,21+,22?/m0/s1. The van der Waals surface area contributed by atoms with E-state index in [4.69, 9.17) is 4.74 Å². The van der Waals surface area contributed by atoms with Crippen molar-refractivity contribution in [2.24, 2.45) is 17.3 Å². The van der Waals surface area contributed by atoms with E-state index in [0.29, 0.717) is 6.54 Å². The molecule has 1 aromatic carbocycles. The lowest BCUT2D eigenvalue weighted by Crippen LogP contribution is -2.57. The number of anilines is 1. The highest BCUT2D eigenvalue weighted by Crippen LogP contribution is 2.62. The van der Waals surface area contributed by atoms with Crippen molar-refractivity contribution in [1.82, 2.24) is 0 Å². The first-order chi connectivity index (χ1) is 12.4. The molecule has 5 nitrogen and oxygen atoms in total. The lowest BCUT2D eigenvalue weighted by Gasteiger charge is -2.43. The van der Waals surface area contributed by atoms with Gasteiger partial charge in [0.2, 0.25) is 0 Å². The minimum absolute atomic E-state index is 0.0690. The smallest absolute Gasteiger partial charge is 0.334 e. The molecule has 1 spiro atoms. The number of nitrogens with zero attached hydrogens (tertiary/aromatic N) is 1. The summed E-state index contributed by atoms with van der Waals surface area (Å²) in [4.78, 5) is 27.9. The van der Waals surface area contributed by atoms with Crippen molar-refractivity contribution >= 4 is 17.4 Å². The van der Waals surface area contributed by atoms with Crippen LogP contribution in [0.2, 0.25) is 0 Å². The summed E-state index contributed by atoms with van der Waals surface area (Å²) >= 11 is 0. The minimum atomic E-state index is -1.26. The van der Waals surface area contributed by atoms with Crippen LogP contribution in [-0.4, -0.2) is 40.6 Å². The molecular formula is C21H23NO4. The Balaban J connectivity index is 1.59. The van der Waals surface area contributed by atoms with Crippen LogP contribution in [0.1, 0.15) is 26.7 Å². The van der Waals surface area contributed by atoms with Gasteiger partial charge in [0.25, 0.3) is 0 Å². The lowest BCUT2D eigenvalue weighted by molar-refractivity contribution is -0.166. The van der Waals surface area contributed by atoms with E-state index in [-0.39, 0.29) is 23.6 Å². The van der Waals surface area contributed by atoms with E-state index in [2.05, 4.69) is 4.90 Å². The van der Waals surface area contributed by atoms with Crippen molar-refractivity contribution in [3.05, 3.63) is 42.5 Å². The van der Waals surface area contributed by atoms with Crippen molar-refractivity contribution in [2.75, 3.05) is 11.4 Å². The molecule has 2 saturated heterocycles. The zero-order valence-electron chi connectivity index (χ0n) is 15.0. The van der Waals surface area contributed by atoms with Crippen molar-refractivity contribution in [2.45, 2.75) is 43.9 Å². The van der Waals surface area contributed by atoms with Crippen molar-refractivity contribution in [3.8, 4) is 0 Å². The zero-order chi connectivity index (χ0) is 18.3. The molecule has 3 fully saturated rings. The molecule has 2 heterocycles. The molecule has 26 heavy (non-hydrogen) atoms. The zero-order valence-corrected chi connectivity index (χ0v) is 15.0. The normalized spacial score (nSPS) is 46.1. The van der Waals surface area contributed by atoms with Gasteiger partial charge in [-0.2, -0.15) is 0 Å². The third-order valence-corrected chi connectivity index (χ3v) is 7.48. The van der Waals surface area contributed by atoms with Gasteiger partial charge in [-0.3, -0.25) is 4.79 Å². The Labute approximate surface area is 152 Å². The van der Waals surface area contributed by atoms with Crippen molar-refractivity contribution in [1.29, 1.82) is 0 Å². The Kier molecular flexibility index (Phi) is 2.95. The van der Waals surface area contributed by atoms with Gasteiger partial charge >= 0.3 is 5.97 Å². The van der Waals surface area contributed by atoms with Gasteiger partial charge in [-0.1, -0.05) is 25.1 Å². The fourth-order valence-electron chi connectivity index (χ4n) is 5.68. The first-order valence-electron chi connectivity index (χ1n) is 9.35. The molecule has 0 bridgehead atoms. The molecule has 0 amide bonds. The monoisotopic (exact) mass is 353 g/mol. The highest BCUT2D eigenvalue weighted by molar-refractivity contribution is 6.02. The quantitative estimate of drug-likeness (QED) is 0.619. The van der Waals surface area contributed by atoms with Crippen LogP contribution in [-0.2, 0) is 14.3 Å². The molecule has 1 aromatic rings. The maximum Gasteiger partial charge on any atom is 0.334 e. The van der Waals surface area contributed by atoms with Gasteiger partial charge in [-0.25, -0.2) is 4.79 Å². The fourth-order valence-corrected chi connectivity index (χ4v) is 5.68. The SMILES string of the molecule is C[C@H]1CC[C@@H]2[C@@H](OC(=O)C23CN3c2ccccc2)[C@]2(C)C(=O)C=C[C@@]12O. The molecule has 0 radical (unpaired) electrons. The number of hydrogen-bond acceptors (Lipinski definition) is 5. The summed E-state index contributed by atoms with van der Waals surface area (Å²) in [6.07, 6.45) is 4.02. The number of hydrogen-bond donors (Lipinski definition) is 1. The van der Waals surface area contributed by atoms with E-state index in [1.165, 1.54) is 6.08 Å². The summed E-state index contributed by atoms with van der Waals surface area (Å²) in [5.41, 5.74) is -2.07. The van der Waals surface area contributed by atoms with Crippen LogP contribution >= 0.6 is 0 Å². The second-order valence-electron chi connectivity index (χ2n) is 8.48. The van der Waals surface area contributed by atoms with Gasteiger partial charge < -0.3 is 14.7 Å². The number of carbonyl (C=O) groups excluding carboxylic acids is 2. The number of benzene rings is 1. The number of esters is 1. The predicted octanol–water partition coefficient (Wildman–Crippen LogP) is 2.09. The van der Waals surface area contributed by atoms with Crippen molar-refractivity contribution < 1.29 is 19.4 Å². The maximum absolute atomic E-state index is 13.0. The molecule has 1 N–H and O–H groups in total. The van der Waals surface area contributed by atoms with E-state index in [1.54, 1.807) is 13.0 Å². The molecule has 2 aliphatic heterocycles. The first kappa shape index (κ1) is 16.1. The van der Waals surface area contributed by atoms with Crippen LogP contribution < -0.4 is 4.90 Å². The summed E-state index contributed by atoms with van der Waals surface area (Å²) in [5.74, 6) is -0.560. The van der Waals surface area contributed by atoms with Crippen LogP contribution in [0.3, 0.4) is 0 Å². The van der Waals surface area contributed by atoms with Gasteiger partial charge in [0.05, 0.1) is 12.0 Å². The number of aliphatic hydroxyl groups is 1. The van der Waals surface area contributed by atoms with Crippen LogP contribution in [0, 0.1) is 17.3 Å². The number of rotatable bonds is 1. The molecule has 5 heteroatoms. The number of ketones is 1. The molecule has 136 valence electrons. The van der Waals surface area contributed by atoms with E-state index >= 15 is 0 Å². The summed E-state index contributed by atoms with van der Waals surface area (Å²) in [5, 5.41) is 11.4. The van der Waals surface area contributed by atoms with Crippen molar-refractivity contribution in [3.63, 3.8) is 0 Å². The highest BCUT2D eigenvalue weighted by atomic mass is 16.6. The van der Waals surface area contributed by atoms with Gasteiger partial charge in [0.1, 0.15) is 11.7 Å². The van der Waals surface area contributed by atoms with E-state index < -0.39 is 22.7 Å². The molecule has 1 unspecified atom stereocenters. The summed E-state index contributed by atoms with van der Waals surface area (Å²) in [6, 6.07) is 9.86.